The van der Waals surface area contributed by atoms with Gasteiger partial charge in [0.1, 0.15) is 4.93 Å². The summed E-state index contributed by atoms with van der Waals surface area (Å²) in [5.74, 6) is 0. The minimum Gasteiger partial charge on any atom is -0.367 e. The van der Waals surface area contributed by atoms with Crippen molar-refractivity contribution in [1.82, 2.24) is 0 Å². The Morgan fingerprint density at radius 2 is 2.07 bits per heavy atom. The smallest absolute Gasteiger partial charge is 0.217 e. The van der Waals surface area contributed by atoms with E-state index in [2.05, 4.69) is 13.5 Å². The molecule has 0 saturated carbocycles. The van der Waals surface area contributed by atoms with Gasteiger partial charge >= 0.3 is 0 Å². The molecule has 0 bridgehead atoms. The van der Waals surface area contributed by atoms with E-state index < -0.39 is 4.93 Å². The van der Waals surface area contributed by atoms with Crippen LogP contribution in [0.25, 0.3) is 0 Å². The van der Waals surface area contributed by atoms with Crippen LogP contribution in [0.5, 0.6) is 0 Å². The van der Waals surface area contributed by atoms with Crippen molar-refractivity contribution in [2.75, 3.05) is 7.11 Å². The Kier molecular flexibility index (Phi) is 6.94. The van der Waals surface area contributed by atoms with Crippen LogP contribution in [0.3, 0.4) is 0 Å². The molecule has 88 valence electrons. The van der Waals surface area contributed by atoms with Gasteiger partial charge in [0.25, 0.3) is 0 Å². The summed E-state index contributed by atoms with van der Waals surface area (Å²) < 4.78 is 5.41. The molecule has 2 nitrogen and oxygen atoms in total. The monoisotopic (exact) mass is 230 g/mol. The Morgan fingerprint density at radius 1 is 1.47 bits per heavy atom. The lowest BCUT2D eigenvalue weighted by atomic mass is 10.1. The molecule has 0 aliphatic rings. The van der Waals surface area contributed by atoms with Gasteiger partial charge in [0.05, 0.1) is 0 Å². The number of unbranched alkanes of at least 4 members (excludes halogenated alkanes) is 2. The fourth-order valence-electron chi connectivity index (χ4n) is 1.17. The van der Waals surface area contributed by atoms with Gasteiger partial charge in [-0.15, -0.1) is 0 Å². The highest BCUT2D eigenvalue weighted by Crippen LogP contribution is 2.33. The molecule has 0 amide bonds. The molecule has 0 aromatic heterocycles. The molecule has 0 aliphatic heterocycles. The Balaban J connectivity index is 4.17. The van der Waals surface area contributed by atoms with Crippen LogP contribution < -0.4 is 0 Å². The van der Waals surface area contributed by atoms with Crippen LogP contribution in [0.15, 0.2) is 12.2 Å². The third-order valence-electron chi connectivity index (χ3n) is 2.32. The van der Waals surface area contributed by atoms with E-state index in [0.717, 1.165) is 12.8 Å². The third-order valence-corrected chi connectivity index (χ3v) is 3.66. The summed E-state index contributed by atoms with van der Waals surface area (Å²) in [6.07, 6.45) is 4.36. The minimum atomic E-state index is -0.398. The third kappa shape index (κ3) is 6.00. The van der Waals surface area contributed by atoms with E-state index >= 15 is 0 Å². The van der Waals surface area contributed by atoms with E-state index in [9.17, 15) is 4.79 Å². The van der Waals surface area contributed by atoms with Crippen LogP contribution in [0, 0.1) is 0 Å². The largest absolute Gasteiger partial charge is 0.367 e. The van der Waals surface area contributed by atoms with Crippen LogP contribution in [0.1, 0.15) is 46.5 Å². The summed E-state index contributed by atoms with van der Waals surface area (Å²) in [5.41, 5.74) is 0.582. The molecule has 0 radical (unpaired) electrons. The first-order chi connectivity index (χ1) is 6.95. The van der Waals surface area contributed by atoms with Gasteiger partial charge in [0.15, 0.2) is 0 Å². The van der Waals surface area contributed by atoms with Crippen molar-refractivity contribution in [2.24, 2.45) is 0 Å². The van der Waals surface area contributed by atoms with Crippen LogP contribution in [-0.4, -0.2) is 17.2 Å². The van der Waals surface area contributed by atoms with Crippen molar-refractivity contribution in [1.29, 1.82) is 0 Å². The lowest BCUT2D eigenvalue weighted by Gasteiger charge is -2.26. The number of carbonyl (C=O) groups excluding carboxylic acids is 1. The fraction of sp³-hybridized carbons (Fsp3) is 0.750. The average molecular weight is 230 g/mol. The van der Waals surface area contributed by atoms with Crippen LogP contribution >= 0.6 is 11.8 Å². The molecular weight excluding hydrogens is 208 g/mol. The van der Waals surface area contributed by atoms with Crippen molar-refractivity contribution in [2.45, 2.75) is 51.4 Å². The summed E-state index contributed by atoms with van der Waals surface area (Å²) in [5, 5.41) is 0.0239. The lowest BCUT2D eigenvalue weighted by molar-refractivity contribution is -0.108. The first kappa shape index (κ1) is 14.7. The Bertz CT molecular complexity index is 226. The highest BCUT2D eigenvalue weighted by Gasteiger charge is 2.27. The zero-order valence-corrected chi connectivity index (χ0v) is 11.1. The van der Waals surface area contributed by atoms with Crippen molar-refractivity contribution in [3.63, 3.8) is 0 Å². The van der Waals surface area contributed by atoms with Gasteiger partial charge in [-0.2, -0.15) is 0 Å². The van der Waals surface area contributed by atoms with Gasteiger partial charge in [-0.05, 0) is 44.0 Å². The van der Waals surface area contributed by atoms with Gasteiger partial charge in [0, 0.05) is 7.11 Å². The molecule has 0 aromatic carbocycles. The predicted molar refractivity (Wildman–Crippen MR) is 67.0 cm³/mol. The number of rotatable bonds is 7. The van der Waals surface area contributed by atoms with E-state index in [4.69, 9.17) is 4.74 Å². The van der Waals surface area contributed by atoms with Crippen molar-refractivity contribution >= 4 is 16.9 Å². The van der Waals surface area contributed by atoms with Gasteiger partial charge in [-0.1, -0.05) is 26.3 Å². The Morgan fingerprint density at radius 3 is 2.47 bits per heavy atom. The van der Waals surface area contributed by atoms with Gasteiger partial charge in [0.2, 0.25) is 5.12 Å². The second-order valence-electron chi connectivity index (χ2n) is 3.96. The fourth-order valence-corrected chi connectivity index (χ4v) is 2.07. The van der Waals surface area contributed by atoms with Crippen LogP contribution in [0.2, 0.25) is 0 Å². The average Bonchev–Trinajstić information content (AvgIpc) is 2.18. The standard InChI is InChI=1S/C12H22O2S/c1-6-7-8-9-12(4,14-5)15-11(13)10(2)3/h2,6-9H2,1,3-5H3. The number of carbonyl (C=O) groups is 1. The summed E-state index contributed by atoms with van der Waals surface area (Å²) in [7, 11) is 1.66. The predicted octanol–water partition coefficient (Wildman–Crippen LogP) is 3.77. The van der Waals surface area contributed by atoms with E-state index in [-0.39, 0.29) is 5.12 Å². The number of methoxy groups -OCH3 is 1. The molecule has 0 aromatic rings. The molecule has 15 heavy (non-hydrogen) atoms. The van der Waals surface area contributed by atoms with Gasteiger partial charge < -0.3 is 4.74 Å². The molecule has 0 spiro atoms. The molecular formula is C12H22O2S. The summed E-state index contributed by atoms with van der Waals surface area (Å²) >= 11 is 1.24. The summed E-state index contributed by atoms with van der Waals surface area (Å²) in [6.45, 7) is 9.51. The summed E-state index contributed by atoms with van der Waals surface area (Å²) in [6, 6.07) is 0. The van der Waals surface area contributed by atoms with E-state index in [1.54, 1.807) is 14.0 Å². The molecule has 0 fully saturated rings. The van der Waals surface area contributed by atoms with Crippen molar-refractivity contribution in [3.05, 3.63) is 12.2 Å². The SMILES string of the molecule is C=C(C)C(=O)SC(C)(CCCCC)OC. The summed E-state index contributed by atoms with van der Waals surface area (Å²) in [4.78, 5) is 11.1. The maximum atomic E-state index is 11.5. The molecule has 0 aliphatic carbocycles. The molecule has 0 rings (SSSR count). The maximum absolute atomic E-state index is 11.5. The zero-order valence-electron chi connectivity index (χ0n) is 10.3. The molecule has 1 unspecified atom stereocenters. The maximum Gasteiger partial charge on any atom is 0.217 e. The first-order valence-corrected chi connectivity index (χ1v) is 6.21. The topological polar surface area (TPSA) is 26.3 Å². The number of thioether (sulfide) groups is 1. The molecule has 3 heteroatoms. The highest BCUT2D eigenvalue weighted by molar-refractivity contribution is 8.15. The number of hydrogen-bond acceptors (Lipinski definition) is 3. The number of hydrogen-bond donors (Lipinski definition) is 0. The molecule has 0 heterocycles. The minimum absolute atomic E-state index is 0.0239. The van der Waals surface area contributed by atoms with Crippen molar-refractivity contribution in [3.8, 4) is 0 Å². The Labute approximate surface area is 97.5 Å². The van der Waals surface area contributed by atoms with E-state index in [1.807, 2.05) is 6.92 Å². The Hall–Kier alpha value is -0.280. The second kappa shape index (κ2) is 7.07. The van der Waals surface area contributed by atoms with Crippen LogP contribution in [0.4, 0.5) is 0 Å². The number of ether oxygens (including phenoxy) is 1. The van der Waals surface area contributed by atoms with Crippen LogP contribution in [-0.2, 0) is 9.53 Å². The molecule has 0 N–H and O–H groups in total. The molecule has 1 atom stereocenters. The first-order valence-electron chi connectivity index (χ1n) is 5.39. The van der Waals surface area contributed by atoms with E-state index in [0.29, 0.717) is 5.57 Å². The van der Waals surface area contributed by atoms with Crippen molar-refractivity contribution < 1.29 is 9.53 Å². The van der Waals surface area contributed by atoms with Gasteiger partial charge in [-0.3, -0.25) is 4.79 Å². The lowest BCUT2D eigenvalue weighted by Crippen LogP contribution is -2.25. The highest BCUT2D eigenvalue weighted by atomic mass is 32.2. The second-order valence-corrected chi connectivity index (χ2v) is 5.40. The quantitative estimate of drug-likeness (QED) is 0.378. The van der Waals surface area contributed by atoms with E-state index in [1.165, 1.54) is 24.6 Å². The molecule has 0 saturated heterocycles. The van der Waals surface area contributed by atoms with Gasteiger partial charge in [-0.25, -0.2) is 0 Å². The normalized spacial score (nSPS) is 14.7. The zero-order chi connectivity index (χ0) is 11.9.